The van der Waals surface area contributed by atoms with Crippen molar-refractivity contribution in [3.8, 4) is 0 Å². The van der Waals surface area contributed by atoms with Crippen LogP contribution in [0.25, 0.3) is 0 Å². The lowest BCUT2D eigenvalue weighted by Crippen LogP contribution is -2.29. The van der Waals surface area contributed by atoms with E-state index in [4.69, 9.17) is 0 Å². The molecular formula is C17H17N3O2S. The second kappa shape index (κ2) is 5.45. The van der Waals surface area contributed by atoms with Crippen molar-refractivity contribution < 1.29 is 4.79 Å². The maximum absolute atomic E-state index is 12.6. The monoisotopic (exact) mass is 327 g/mol. The Balaban J connectivity index is 1.92. The topological polar surface area (TPSA) is 77.8 Å². The van der Waals surface area contributed by atoms with Crippen molar-refractivity contribution >= 4 is 23.4 Å². The fraction of sp³-hybridized carbons (Fsp3) is 0.294. The third-order valence-electron chi connectivity index (χ3n) is 4.57. The molecule has 6 heteroatoms. The van der Waals surface area contributed by atoms with Gasteiger partial charge in [0.1, 0.15) is 5.82 Å². The highest BCUT2D eigenvalue weighted by Crippen LogP contribution is 2.43. The summed E-state index contributed by atoms with van der Waals surface area (Å²) in [6.07, 6.45) is 4.28. The number of benzene rings is 1. The number of hydrogen-bond acceptors (Lipinski definition) is 4. The van der Waals surface area contributed by atoms with Crippen LogP contribution < -0.4 is 10.9 Å². The summed E-state index contributed by atoms with van der Waals surface area (Å²) in [5.74, 6) is 0.534. The zero-order valence-electron chi connectivity index (χ0n) is 12.7. The average Bonchev–Trinajstić information content (AvgIpc) is 2.94. The van der Waals surface area contributed by atoms with Gasteiger partial charge in [0.05, 0.1) is 5.56 Å². The smallest absolute Gasteiger partial charge is 0.270 e. The van der Waals surface area contributed by atoms with Gasteiger partial charge in [0.25, 0.3) is 5.56 Å². The molecule has 0 bridgehead atoms. The standard InChI is InChI=1S/C17H17N3O2S/c1-23-10-7-5-9(6-8-10)13-14-11(3-2-4-12(14)21)18-16-15(13)17(22)20-19-16/h5-8,13H,2-4H2,1H3,(H3,18,19,20,22)/t13-/m1/s1. The summed E-state index contributed by atoms with van der Waals surface area (Å²) in [4.78, 5) is 26.0. The van der Waals surface area contributed by atoms with Crippen LogP contribution in [0, 0.1) is 0 Å². The highest BCUT2D eigenvalue weighted by Gasteiger charge is 2.37. The third-order valence-corrected chi connectivity index (χ3v) is 5.32. The number of fused-ring (bicyclic) bond motifs is 1. The molecule has 4 rings (SSSR count). The maximum atomic E-state index is 12.6. The lowest BCUT2D eigenvalue weighted by atomic mass is 9.77. The van der Waals surface area contributed by atoms with Gasteiger partial charge in [-0.25, -0.2) is 0 Å². The number of nitrogens with one attached hydrogen (secondary N) is 3. The minimum atomic E-state index is -0.292. The molecule has 0 unspecified atom stereocenters. The molecule has 2 heterocycles. The molecule has 23 heavy (non-hydrogen) atoms. The summed E-state index contributed by atoms with van der Waals surface area (Å²) < 4.78 is 0. The Morgan fingerprint density at radius 1 is 1.09 bits per heavy atom. The van der Waals surface area contributed by atoms with Crippen molar-refractivity contribution in [1.82, 2.24) is 10.2 Å². The summed E-state index contributed by atoms with van der Waals surface area (Å²) in [5, 5.41) is 8.78. The number of carbonyl (C=O) groups excluding carboxylic acids is 1. The number of carbonyl (C=O) groups is 1. The third kappa shape index (κ3) is 2.25. The minimum Gasteiger partial charge on any atom is -0.343 e. The van der Waals surface area contributed by atoms with E-state index in [0.717, 1.165) is 34.6 Å². The van der Waals surface area contributed by atoms with E-state index in [1.54, 1.807) is 11.8 Å². The number of allylic oxidation sites excluding steroid dienone is 2. The normalized spacial score (nSPS) is 20.0. The van der Waals surface area contributed by atoms with Crippen LogP contribution in [0.2, 0.25) is 0 Å². The number of H-pyrrole nitrogens is 2. The van der Waals surface area contributed by atoms with Crippen molar-refractivity contribution in [2.24, 2.45) is 0 Å². The first kappa shape index (κ1) is 14.4. The number of aromatic amines is 2. The van der Waals surface area contributed by atoms with Gasteiger partial charge in [-0.05, 0) is 36.8 Å². The zero-order valence-corrected chi connectivity index (χ0v) is 13.5. The van der Waals surface area contributed by atoms with Crippen molar-refractivity contribution in [1.29, 1.82) is 0 Å². The van der Waals surface area contributed by atoms with E-state index < -0.39 is 0 Å². The van der Waals surface area contributed by atoms with Gasteiger partial charge in [-0.3, -0.25) is 19.8 Å². The molecule has 0 radical (unpaired) electrons. The second-order valence-corrected chi connectivity index (χ2v) is 6.75. The summed E-state index contributed by atoms with van der Waals surface area (Å²) in [6, 6.07) is 8.11. The van der Waals surface area contributed by atoms with E-state index in [1.165, 1.54) is 0 Å². The number of thioether (sulfide) groups is 1. The average molecular weight is 327 g/mol. The molecule has 1 atom stereocenters. The number of aromatic nitrogens is 2. The molecule has 1 aliphatic heterocycles. The molecule has 2 aromatic rings. The molecule has 118 valence electrons. The highest BCUT2D eigenvalue weighted by molar-refractivity contribution is 7.98. The van der Waals surface area contributed by atoms with Crippen LogP contribution in [-0.2, 0) is 4.79 Å². The lowest BCUT2D eigenvalue weighted by Gasteiger charge is -2.31. The number of rotatable bonds is 2. The molecule has 0 fully saturated rings. The Hall–Kier alpha value is -2.21. The van der Waals surface area contributed by atoms with Crippen LogP contribution in [0.5, 0.6) is 0 Å². The summed E-state index contributed by atoms with van der Waals surface area (Å²) >= 11 is 1.67. The first-order valence-electron chi connectivity index (χ1n) is 7.67. The minimum absolute atomic E-state index is 0.143. The molecule has 3 N–H and O–H groups in total. The molecule has 0 amide bonds. The summed E-state index contributed by atoms with van der Waals surface area (Å²) in [6.45, 7) is 0. The Bertz CT molecular complexity index is 861. The van der Waals surface area contributed by atoms with Gasteiger partial charge >= 0.3 is 0 Å². The van der Waals surface area contributed by atoms with Crippen molar-refractivity contribution in [2.75, 3.05) is 11.6 Å². The van der Waals surface area contributed by atoms with Gasteiger partial charge < -0.3 is 5.32 Å². The zero-order chi connectivity index (χ0) is 16.0. The first-order chi connectivity index (χ1) is 11.2. The van der Waals surface area contributed by atoms with E-state index in [2.05, 4.69) is 15.5 Å². The largest absolute Gasteiger partial charge is 0.343 e. The quantitative estimate of drug-likeness (QED) is 0.741. The van der Waals surface area contributed by atoms with E-state index in [1.807, 2.05) is 30.5 Å². The van der Waals surface area contributed by atoms with Crippen LogP contribution in [0.1, 0.15) is 36.3 Å². The van der Waals surface area contributed by atoms with E-state index in [-0.39, 0.29) is 17.3 Å². The van der Waals surface area contributed by atoms with Gasteiger partial charge in [-0.2, -0.15) is 0 Å². The SMILES string of the molecule is CSc1ccc([C@@H]2C3=C(CCCC3=O)Nc3[nH][nH]c(=O)c32)cc1. The van der Waals surface area contributed by atoms with Crippen LogP contribution in [0.15, 0.2) is 45.2 Å². The van der Waals surface area contributed by atoms with Crippen molar-refractivity contribution in [2.45, 2.75) is 30.1 Å². The van der Waals surface area contributed by atoms with Crippen LogP contribution in [0.4, 0.5) is 5.82 Å². The molecule has 0 saturated heterocycles. The Kier molecular flexibility index (Phi) is 3.41. The number of Topliss-reactive ketones (excluding diaryl/α,β-unsaturated/α-hetero) is 1. The fourth-order valence-electron chi connectivity index (χ4n) is 3.49. The van der Waals surface area contributed by atoms with E-state index in [9.17, 15) is 9.59 Å². The maximum Gasteiger partial charge on any atom is 0.270 e. The first-order valence-corrected chi connectivity index (χ1v) is 8.89. The molecule has 0 saturated carbocycles. The predicted octanol–water partition coefficient (Wildman–Crippen LogP) is 2.99. The molecule has 5 nitrogen and oxygen atoms in total. The predicted molar refractivity (Wildman–Crippen MR) is 91.0 cm³/mol. The second-order valence-electron chi connectivity index (χ2n) is 5.87. The van der Waals surface area contributed by atoms with Gasteiger partial charge in [-0.15, -0.1) is 11.8 Å². The van der Waals surface area contributed by atoms with Gasteiger partial charge in [0, 0.05) is 28.5 Å². The number of ketones is 1. The number of anilines is 1. The van der Waals surface area contributed by atoms with Crippen molar-refractivity contribution in [3.05, 3.63) is 57.0 Å². The number of hydrogen-bond donors (Lipinski definition) is 3. The van der Waals surface area contributed by atoms with Crippen molar-refractivity contribution in [3.63, 3.8) is 0 Å². The Morgan fingerprint density at radius 3 is 2.61 bits per heavy atom. The molecule has 1 aromatic carbocycles. The lowest BCUT2D eigenvalue weighted by molar-refractivity contribution is -0.116. The van der Waals surface area contributed by atoms with E-state index in [0.29, 0.717) is 17.8 Å². The van der Waals surface area contributed by atoms with E-state index >= 15 is 0 Å². The fourth-order valence-corrected chi connectivity index (χ4v) is 3.90. The molecule has 1 aromatic heterocycles. The van der Waals surface area contributed by atoms with Crippen LogP contribution >= 0.6 is 11.8 Å². The van der Waals surface area contributed by atoms with Gasteiger partial charge in [0.15, 0.2) is 5.78 Å². The Morgan fingerprint density at radius 2 is 1.87 bits per heavy atom. The van der Waals surface area contributed by atoms with Crippen LogP contribution in [0.3, 0.4) is 0 Å². The molecule has 0 spiro atoms. The molecule has 1 aliphatic carbocycles. The summed E-state index contributed by atoms with van der Waals surface area (Å²) in [5.41, 5.74) is 3.12. The van der Waals surface area contributed by atoms with Crippen LogP contribution in [-0.4, -0.2) is 22.2 Å². The molecule has 2 aliphatic rings. The van der Waals surface area contributed by atoms with Gasteiger partial charge in [0.2, 0.25) is 0 Å². The Labute approximate surface area is 137 Å². The molecular weight excluding hydrogens is 310 g/mol. The summed E-state index contributed by atoms with van der Waals surface area (Å²) in [7, 11) is 0. The van der Waals surface area contributed by atoms with Gasteiger partial charge in [-0.1, -0.05) is 12.1 Å². The highest BCUT2D eigenvalue weighted by atomic mass is 32.2.